The van der Waals surface area contributed by atoms with Crippen LogP contribution < -0.4 is 0 Å². The predicted octanol–water partition coefficient (Wildman–Crippen LogP) is 16.5. The topological polar surface area (TPSA) is 0 Å². The Balaban J connectivity index is 1.08. The summed E-state index contributed by atoms with van der Waals surface area (Å²) in [7, 11) is 0. The van der Waals surface area contributed by atoms with Gasteiger partial charge in [-0.25, -0.2) is 0 Å². The minimum atomic E-state index is 1.21. The summed E-state index contributed by atoms with van der Waals surface area (Å²) < 4.78 is 0. The van der Waals surface area contributed by atoms with Crippen molar-refractivity contribution in [3.63, 3.8) is 0 Å². The van der Waals surface area contributed by atoms with Crippen molar-refractivity contribution in [1.29, 1.82) is 0 Å². The smallest absolute Gasteiger partial charge is 0.00206 e. The van der Waals surface area contributed by atoms with E-state index in [1.165, 1.54) is 131 Å². The van der Waals surface area contributed by atoms with Crippen LogP contribution in [0.15, 0.2) is 206 Å². The van der Waals surface area contributed by atoms with Crippen LogP contribution in [0.2, 0.25) is 0 Å². The van der Waals surface area contributed by atoms with E-state index in [4.69, 9.17) is 0 Å². The first kappa shape index (κ1) is 31.6. The number of rotatable bonds is 4. The third-order valence-corrected chi connectivity index (χ3v) is 12.9. The molecule has 13 rings (SSSR count). The fraction of sp³-hybridized carbons (Fsp3) is 0. The Labute approximate surface area is 335 Å². The molecule has 0 aliphatic rings. The zero-order valence-electron chi connectivity index (χ0n) is 31.6. The van der Waals surface area contributed by atoms with E-state index in [2.05, 4.69) is 206 Å². The molecule has 0 fully saturated rings. The van der Waals surface area contributed by atoms with Gasteiger partial charge in [0.2, 0.25) is 0 Å². The second-order valence-electron chi connectivity index (χ2n) is 16.0. The van der Waals surface area contributed by atoms with Crippen molar-refractivity contribution < 1.29 is 0 Å². The highest BCUT2D eigenvalue weighted by atomic mass is 14.2. The molecule has 58 heavy (non-hydrogen) atoms. The Morgan fingerprint density at radius 3 is 1.29 bits per heavy atom. The van der Waals surface area contributed by atoms with Crippen LogP contribution in [0.5, 0.6) is 0 Å². The standard InChI is InChI=1S/C58H34/c1-2-7-35(8-3-1)36-15-17-37(18-16-36)53-34-45(46-28-23-42-21-19-38-9-4-11-40-25-31-51(46)57(42)54(38)40)33-44-27-30-48-47(13-6-14-50(48)56(44)53)49-29-24-43-22-20-39-10-5-12-41-26-32-52(49)58(43)55(39)41/h1-34H. The summed E-state index contributed by atoms with van der Waals surface area (Å²) >= 11 is 0. The second-order valence-corrected chi connectivity index (χ2v) is 16.0. The summed E-state index contributed by atoms with van der Waals surface area (Å²) in [6.45, 7) is 0. The molecule has 266 valence electrons. The summed E-state index contributed by atoms with van der Waals surface area (Å²) in [6.07, 6.45) is 0. The zero-order chi connectivity index (χ0) is 37.9. The summed E-state index contributed by atoms with van der Waals surface area (Å²) in [5, 5.41) is 20.8. The van der Waals surface area contributed by atoms with E-state index in [0.29, 0.717) is 0 Å². The SMILES string of the molecule is c1ccc(-c2ccc(-c3cc(-c4ccc5ccc6cccc7ccc4c5c67)cc4ccc5c(-c6ccc7ccc8cccc9ccc6c7c89)cccc5c34)cc2)cc1. The molecular weight excluding hydrogens is 697 g/mol. The van der Waals surface area contributed by atoms with Crippen LogP contribution in [-0.2, 0) is 0 Å². The molecule has 0 spiro atoms. The van der Waals surface area contributed by atoms with Gasteiger partial charge < -0.3 is 0 Å². The number of fused-ring (bicyclic) bond motifs is 3. The zero-order valence-corrected chi connectivity index (χ0v) is 31.6. The molecule has 0 unspecified atom stereocenters. The van der Waals surface area contributed by atoms with Crippen LogP contribution in [-0.4, -0.2) is 0 Å². The average Bonchev–Trinajstić information content (AvgIpc) is 3.29. The fourth-order valence-corrected chi connectivity index (χ4v) is 10.3. The first-order valence-electron chi connectivity index (χ1n) is 20.2. The van der Waals surface area contributed by atoms with E-state index in [1.807, 2.05) is 0 Å². The molecule has 13 aromatic carbocycles. The molecular formula is C58H34. The Bertz CT molecular complexity index is 3730. The molecule has 0 aromatic heterocycles. The summed E-state index contributed by atoms with van der Waals surface area (Å²) in [5.74, 6) is 0. The second kappa shape index (κ2) is 12.0. The highest BCUT2D eigenvalue weighted by Gasteiger charge is 2.19. The Morgan fingerprint density at radius 2 is 0.638 bits per heavy atom. The van der Waals surface area contributed by atoms with Crippen LogP contribution in [0, 0.1) is 0 Å². The number of benzene rings is 13. The maximum atomic E-state index is 2.45. The lowest BCUT2D eigenvalue weighted by atomic mass is 9.85. The molecule has 0 heterocycles. The van der Waals surface area contributed by atoms with Crippen molar-refractivity contribution in [1.82, 2.24) is 0 Å². The first-order valence-corrected chi connectivity index (χ1v) is 20.2. The highest BCUT2D eigenvalue weighted by Crippen LogP contribution is 2.46. The molecule has 0 radical (unpaired) electrons. The summed E-state index contributed by atoms with van der Waals surface area (Å²) in [6, 6.07) is 77.3. The third-order valence-electron chi connectivity index (χ3n) is 12.9. The van der Waals surface area contributed by atoms with Gasteiger partial charge in [0.15, 0.2) is 0 Å². The quantitative estimate of drug-likeness (QED) is 0.158. The van der Waals surface area contributed by atoms with Crippen LogP contribution in [0.3, 0.4) is 0 Å². The summed E-state index contributed by atoms with van der Waals surface area (Å²) in [4.78, 5) is 0. The molecule has 0 bridgehead atoms. The van der Waals surface area contributed by atoms with Gasteiger partial charge in [-0.15, -0.1) is 0 Å². The van der Waals surface area contributed by atoms with Gasteiger partial charge in [-0.05, 0) is 143 Å². The Kier molecular flexibility index (Phi) is 6.54. The first-order chi connectivity index (χ1) is 28.7. The molecule has 0 amide bonds. The molecule has 0 aliphatic carbocycles. The minimum Gasteiger partial charge on any atom is -0.0622 e. The van der Waals surface area contributed by atoms with Gasteiger partial charge in [0.1, 0.15) is 0 Å². The molecule has 0 nitrogen and oxygen atoms in total. The molecule has 13 aromatic rings. The van der Waals surface area contributed by atoms with E-state index in [1.54, 1.807) is 0 Å². The van der Waals surface area contributed by atoms with Gasteiger partial charge in [0.05, 0.1) is 0 Å². The Hall–Kier alpha value is -7.54. The van der Waals surface area contributed by atoms with Gasteiger partial charge in [-0.2, -0.15) is 0 Å². The molecule has 0 saturated heterocycles. The van der Waals surface area contributed by atoms with Gasteiger partial charge in [0, 0.05) is 0 Å². The van der Waals surface area contributed by atoms with Crippen LogP contribution in [0.25, 0.3) is 131 Å². The highest BCUT2D eigenvalue weighted by molar-refractivity contribution is 6.28. The Morgan fingerprint density at radius 1 is 0.172 bits per heavy atom. The third kappa shape index (κ3) is 4.52. The van der Waals surface area contributed by atoms with Crippen molar-refractivity contribution in [3.05, 3.63) is 206 Å². The van der Waals surface area contributed by atoms with E-state index in [-0.39, 0.29) is 0 Å². The largest absolute Gasteiger partial charge is 0.0622 e. The van der Waals surface area contributed by atoms with Crippen molar-refractivity contribution in [2.75, 3.05) is 0 Å². The lowest BCUT2D eigenvalue weighted by molar-refractivity contribution is 1.60. The van der Waals surface area contributed by atoms with Gasteiger partial charge in [-0.1, -0.05) is 194 Å². The number of hydrogen-bond donors (Lipinski definition) is 0. The molecule has 0 atom stereocenters. The van der Waals surface area contributed by atoms with E-state index in [0.717, 1.165) is 0 Å². The van der Waals surface area contributed by atoms with Gasteiger partial charge >= 0.3 is 0 Å². The van der Waals surface area contributed by atoms with E-state index < -0.39 is 0 Å². The van der Waals surface area contributed by atoms with E-state index in [9.17, 15) is 0 Å². The molecule has 0 saturated carbocycles. The van der Waals surface area contributed by atoms with Crippen molar-refractivity contribution in [2.45, 2.75) is 0 Å². The lowest BCUT2D eigenvalue weighted by Crippen LogP contribution is -1.91. The van der Waals surface area contributed by atoms with Crippen LogP contribution in [0.4, 0.5) is 0 Å². The van der Waals surface area contributed by atoms with Gasteiger partial charge in [0.25, 0.3) is 0 Å². The minimum absolute atomic E-state index is 1.21. The average molecular weight is 731 g/mol. The molecule has 0 heteroatoms. The maximum absolute atomic E-state index is 2.45. The predicted molar refractivity (Wildman–Crippen MR) is 251 cm³/mol. The van der Waals surface area contributed by atoms with Crippen molar-refractivity contribution in [2.24, 2.45) is 0 Å². The molecule has 0 N–H and O–H groups in total. The fourth-order valence-electron chi connectivity index (χ4n) is 10.3. The van der Waals surface area contributed by atoms with E-state index >= 15 is 0 Å². The van der Waals surface area contributed by atoms with Crippen molar-refractivity contribution >= 4 is 86.2 Å². The summed E-state index contributed by atoms with van der Waals surface area (Å²) in [5.41, 5.74) is 9.93. The maximum Gasteiger partial charge on any atom is -0.00206 e. The lowest BCUT2D eigenvalue weighted by Gasteiger charge is -2.19. The van der Waals surface area contributed by atoms with Crippen LogP contribution in [0.1, 0.15) is 0 Å². The van der Waals surface area contributed by atoms with Crippen molar-refractivity contribution in [3.8, 4) is 44.5 Å². The molecule has 0 aliphatic heterocycles. The van der Waals surface area contributed by atoms with Gasteiger partial charge in [-0.3, -0.25) is 0 Å². The monoisotopic (exact) mass is 730 g/mol. The number of hydrogen-bond acceptors (Lipinski definition) is 0. The normalized spacial score (nSPS) is 12.1. The van der Waals surface area contributed by atoms with Crippen LogP contribution >= 0.6 is 0 Å².